The molecule has 2 aromatic carbocycles. The van der Waals surface area contributed by atoms with Crippen LogP contribution in [0, 0.1) is 0 Å². The van der Waals surface area contributed by atoms with Gasteiger partial charge < -0.3 is 9.47 Å². The molecule has 0 unspecified atom stereocenters. The van der Waals surface area contributed by atoms with Gasteiger partial charge in [0, 0.05) is 22.9 Å². The first-order chi connectivity index (χ1) is 13.7. The van der Waals surface area contributed by atoms with E-state index in [1.165, 1.54) is 37.3 Å². The molecular weight excluding hydrogens is 394 g/mol. The van der Waals surface area contributed by atoms with E-state index in [1.807, 2.05) is 19.1 Å². The number of carbonyl (C=O) groups is 2. The molecule has 7 nitrogen and oxygen atoms in total. The summed E-state index contributed by atoms with van der Waals surface area (Å²) in [6.07, 6.45) is 2.84. The number of rotatable bonds is 9. The number of ether oxygens (including phenoxy) is 2. The monoisotopic (exact) mass is 417 g/mol. The summed E-state index contributed by atoms with van der Waals surface area (Å²) in [6.45, 7) is 3.84. The molecule has 0 aliphatic heterocycles. The fraction of sp³-hybridized carbons (Fsp3) is 0.238. The number of anilines is 1. The van der Waals surface area contributed by atoms with Gasteiger partial charge >= 0.3 is 5.97 Å². The van der Waals surface area contributed by atoms with Crippen molar-refractivity contribution in [3.05, 3.63) is 65.7 Å². The van der Waals surface area contributed by atoms with Gasteiger partial charge in [0.2, 0.25) is 15.8 Å². The van der Waals surface area contributed by atoms with Crippen molar-refractivity contribution in [2.24, 2.45) is 0 Å². The quantitative estimate of drug-likeness (QED) is 0.382. The van der Waals surface area contributed by atoms with Crippen molar-refractivity contribution >= 4 is 33.5 Å². The van der Waals surface area contributed by atoms with E-state index in [0.29, 0.717) is 23.6 Å². The fourth-order valence-electron chi connectivity index (χ4n) is 2.48. The standard InChI is InChI=1S/C21H23NO6S/c1-4-27-19-8-6-5-7-16(19)11-14-20(23)28-15(2)21(24)17-9-12-18(13-10-17)22-29(3,25)26/h5-15,22H,4H2,1-3H3/b14-11+/t15-/m0/s1. The van der Waals surface area contributed by atoms with Crippen molar-refractivity contribution in [2.75, 3.05) is 17.6 Å². The minimum Gasteiger partial charge on any atom is -0.493 e. The van der Waals surface area contributed by atoms with E-state index in [1.54, 1.807) is 18.2 Å². The van der Waals surface area contributed by atoms with E-state index in [-0.39, 0.29) is 0 Å². The van der Waals surface area contributed by atoms with Gasteiger partial charge in [0.05, 0.1) is 12.9 Å². The van der Waals surface area contributed by atoms with Crippen LogP contribution in [0.1, 0.15) is 29.8 Å². The summed E-state index contributed by atoms with van der Waals surface area (Å²) in [7, 11) is -3.40. The minimum atomic E-state index is -3.40. The maximum atomic E-state index is 12.4. The van der Waals surface area contributed by atoms with E-state index >= 15 is 0 Å². The van der Waals surface area contributed by atoms with Crippen LogP contribution in [0.2, 0.25) is 0 Å². The Morgan fingerprint density at radius 3 is 2.38 bits per heavy atom. The summed E-state index contributed by atoms with van der Waals surface area (Å²) in [5, 5.41) is 0. The van der Waals surface area contributed by atoms with Crippen LogP contribution in [0.3, 0.4) is 0 Å². The molecule has 154 valence electrons. The van der Waals surface area contributed by atoms with Gasteiger partial charge in [0.1, 0.15) is 5.75 Å². The summed E-state index contributed by atoms with van der Waals surface area (Å²) in [6, 6.07) is 13.1. The molecule has 2 aromatic rings. The fourth-order valence-corrected chi connectivity index (χ4v) is 3.05. The lowest BCUT2D eigenvalue weighted by Crippen LogP contribution is -2.23. The predicted molar refractivity (Wildman–Crippen MR) is 111 cm³/mol. The Morgan fingerprint density at radius 1 is 1.10 bits per heavy atom. The first-order valence-corrected chi connectivity index (χ1v) is 10.8. The van der Waals surface area contributed by atoms with E-state index in [9.17, 15) is 18.0 Å². The molecule has 1 N–H and O–H groups in total. The third kappa shape index (κ3) is 7.08. The van der Waals surface area contributed by atoms with E-state index in [2.05, 4.69) is 4.72 Å². The summed E-state index contributed by atoms with van der Waals surface area (Å²) in [5.74, 6) is -0.411. The second-order valence-electron chi connectivity index (χ2n) is 6.20. The lowest BCUT2D eigenvalue weighted by atomic mass is 10.1. The second-order valence-corrected chi connectivity index (χ2v) is 7.95. The highest BCUT2D eigenvalue weighted by molar-refractivity contribution is 7.92. The smallest absolute Gasteiger partial charge is 0.331 e. The average Bonchev–Trinajstić information content (AvgIpc) is 2.66. The molecule has 29 heavy (non-hydrogen) atoms. The number of carbonyl (C=O) groups excluding carboxylic acids is 2. The van der Waals surface area contributed by atoms with Gasteiger partial charge in [-0.3, -0.25) is 9.52 Å². The number of para-hydroxylation sites is 1. The number of ketones is 1. The Hall–Kier alpha value is -3.13. The maximum absolute atomic E-state index is 12.4. The number of nitrogens with one attached hydrogen (secondary N) is 1. The number of hydrogen-bond donors (Lipinski definition) is 1. The van der Waals surface area contributed by atoms with Gasteiger partial charge in [0.15, 0.2) is 6.10 Å². The van der Waals surface area contributed by atoms with Crippen LogP contribution in [-0.2, 0) is 19.6 Å². The highest BCUT2D eigenvalue weighted by Crippen LogP contribution is 2.19. The molecule has 8 heteroatoms. The van der Waals surface area contributed by atoms with Crippen LogP contribution < -0.4 is 9.46 Å². The van der Waals surface area contributed by atoms with Crippen LogP contribution in [0.25, 0.3) is 6.08 Å². The summed E-state index contributed by atoms with van der Waals surface area (Å²) < 4.78 is 35.4. The van der Waals surface area contributed by atoms with Crippen LogP contribution >= 0.6 is 0 Å². The molecule has 0 aromatic heterocycles. The first kappa shape index (κ1) is 22.2. The van der Waals surface area contributed by atoms with E-state index < -0.39 is 27.9 Å². The molecule has 0 saturated carbocycles. The van der Waals surface area contributed by atoms with E-state index in [4.69, 9.17) is 9.47 Å². The molecule has 0 aliphatic carbocycles. The van der Waals surface area contributed by atoms with Crippen molar-refractivity contribution < 1.29 is 27.5 Å². The van der Waals surface area contributed by atoms with Crippen LogP contribution in [0.5, 0.6) is 5.75 Å². The second kappa shape index (κ2) is 9.88. The maximum Gasteiger partial charge on any atom is 0.331 e. The normalized spacial score (nSPS) is 12.4. The van der Waals surface area contributed by atoms with Crippen molar-refractivity contribution in [2.45, 2.75) is 20.0 Å². The lowest BCUT2D eigenvalue weighted by Gasteiger charge is -2.12. The Morgan fingerprint density at radius 2 is 1.76 bits per heavy atom. The highest BCUT2D eigenvalue weighted by atomic mass is 32.2. The Bertz CT molecular complexity index is 996. The van der Waals surface area contributed by atoms with Gasteiger partial charge in [-0.15, -0.1) is 0 Å². The molecule has 0 spiro atoms. The molecule has 0 bridgehead atoms. The molecule has 0 radical (unpaired) electrons. The molecule has 0 aliphatic rings. The molecule has 0 fully saturated rings. The predicted octanol–water partition coefficient (Wildman–Crippen LogP) is 3.28. The zero-order valence-electron chi connectivity index (χ0n) is 16.4. The van der Waals surface area contributed by atoms with Crippen LogP contribution in [0.15, 0.2) is 54.6 Å². The van der Waals surface area contributed by atoms with Gasteiger partial charge in [0.25, 0.3) is 0 Å². The van der Waals surface area contributed by atoms with Gasteiger partial charge in [-0.05, 0) is 50.3 Å². The minimum absolute atomic E-state index is 0.301. The Kier molecular flexibility index (Phi) is 7.55. The lowest BCUT2D eigenvalue weighted by molar-refractivity contribution is -0.140. The molecular formula is C21H23NO6S. The Labute approximate surface area is 170 Å². The third-order valence-electron chi connectivity index (χ3n) is 3.75. The number of esters is 1. The number of sulfonamides is 1. The zero-order valence-corrected chi connectivity index (χ0v) is 17.2. The highest BCUT2D eigenvalue weighted by Gasteiger charge is 2.18. The molecule has 0 heterocycles. The average molecular weight is 417 g/mol. The SMILES string of the molecule is CCOc1ccccc1/C=C/C(=O)O[C@@H](C)C(=O)c1ccc(NS(C)(=O)=O)cc1. The van der Waals surface area contributed by atoms with Crippen molar-refractivity contribution in [1.29, 1.82) is 0 Å². The van der Waals surface area contributed by atoms with Gasteiger partial charge in [-0.1, -0.05) is 18.2 Å². The molecule has 1 atom stereocenters. The molecule has 2 rings (SSSR count). The van der Waals surface area contributed by atoms with Gasteiger partial charge in [-0.25, -0.2) is 13.2 Å². The van der Waals surface area contributed by atoms with Crippen LogP contribution in [-0.4, -0.2) is 39.1 Å². The topological polar surface area (TPSA) is 98.8 Å². The number of Topliss-reactive ketones (excluding diaryl/α,β-unsaturated/α-hetero) is 1. The van der Waals surface area contributed by atoms with Crippen LogP contribution in [0.4, 0.5) is 5.69 Å². The van der Waals surface area contributed by atoms with Crippen molar-refractivity contribution in [3.8, 4) is 5.75 Å². The Balaban J connectivity index is 1.99. The number of hydrogen-bond acceptors (Lipinski definition) is 6. The third-order valence-corrected chi connectivity index (χ3v) is 4.36. The van der Waals surface area contributed by atoms with Crippen molar-refractivity contribution in [3.63, 3.8) is 0 Å². The molecule has 0 saturated heterocycles. The van der Waals surface area contributed by atoms with Crippen molar-refractivity contribution in [1.82, 2.24) is 0 Å². The summed E-state index contributed by atoms with van der Waals surface area (Å²) >= 11 is 0. The van der Waals surface area contributed by atoms with E-state index in [0.717, 1.165) is 11.8 Å². The summed E-state index contributed by atoms with van der Waals surface area (Å²) in [4.78, 5) is 24.5. The largest absolute Gasteiger partial charge is 0.493 e. The number of benzene rings is 2. The van der Waals surface area contributed by atoms with Gasteiger partial charge in [-0.2, -0.15) is 0 Å². The first-order valence-electron chi connectivity index (χ1n) is 8.92. The molecule has 0 amide bonds. The zero-order chi connectivity index (χ0) is 21.4. The summed E-state index contributed by atoms with van der Waals surface area (Å²) in [5.41, 5.74) is 1.36.